The molecule has 0 aliphatic carbocycles. The van der Waals surface area contributed by atoms with E-state index in [0.717, 1.165) is 0 Å². The van der Waals surface area contributed by atoms with Crippen LogP contribution in [0.4, 0.5) is 0 Å². The molecular formula is C19H17ClN4O4. The first-order valence-corrected chi connectivity index (χ1v) is 8.73. The van der Waals surface area contributed by atoms with Crippen LogP contribution >= 0.6 is 11.6 Å². The number of hydrazine groups is 1. The summed E-state index contributed by atoms with van der Waals surface area (Å²) in [5, 5.41) is 3.16. The number of nitrogens with two attached hydrogens (primary N) is 1. The molecule has 0 unspecified atom stereocenters. The summed E-state index contributed by atoms with van der Waals surface area (Å²) in [6.45, 7) is 1.79. The first-order chi connectivity index (χ1) is 13.5. The lowest BCUT2D eigenvalue weighted by Gasteiger charge is -2.11. The molecule has 0 radical (unpaired) electrons. The molecule has 0 aliphatic rings. The number of esters is 1. The molecule has 0 bridgehead atoms. The number of nitrogen functional groups attached to an aromatic ring is 1. The van der Waals surface area contributed by atoms with E-state index in [9.17, 15) is 14.4 Å². The molecule has 28 heavy (non-hydrogen) atoms. The summed E-state index contributed by atoms with van der Waals surface area (Å²) < 4.78 is 6.50. The van der Waals surface area contributed by atoms with Crippen molar-refractivity contribution in [2.75, 3.05) is 6.61 Å². The van der Waals surface area contributed by atoms with Crippen LogP contribution in [0.15, 0.2) is 53.3 Å². The van der Waals surface area contributed by atoms with Crippen molar-refractivity contribution in [3.63, 3.8) is 0 Å². The molecule has 0 atom stereocenters. The third-order valence-corrected chi connectivity index (χ3v) is 4.27. The minimum atomic E-state index is -0.730. The van der Waals surface area contributed by atoms with E-state index in [2.05, 4.69) is 5.10 Å². The van der Waals surface area contributed by atoms with Crippen molar-refractivity contribution < 1.29 is 14.3 Å². The zero-order valence-corrected chi connectivity index (χ0v) is 15.6. The number of nitrogens with one attached hydrogen (secondary N) is 2. The van der Waals surface area contributed by atoms with Crippen molar-refractivity contribution >= 4 is 23.5 Å². The first kappa shape index (κ1) is 19.4. The number of rotatable bonds is 5. The fourth-order valence-corrected chi connectivity index (χ4v) is 2.87. The molecule has 4 N–H and O–H groups in total. The first-order valence-electron chi connectivity index (χ1n) is 8.35. The van der Waals surface area contributed by atoms with Gasteiger partial charge in [-0.05, 0) is 43.3 Å². The van der Waals surface area contributed by atoms with E-state index in [1.807, 2.05) is 5.43 Å². The number of amides is 1. The molecule has 0 spiro atoms. The van der Waals surface area contributed by atoms with Gasteiger partial charge in [-0.25, -0.2) is 10.6 Å². The summed E-state index contributed by atoms with van der Waals surface area (Å²) in [4.78, 5) is 36.6. The van der Waals surface area contributed by atoms with Crippen molar-refractivity contribution in [2.45, 2.75) is 6.92 Å². The molecular weight excluding hydrogens is 384 g/mol. The summed E-state index contributed by atoms with van der Waals surface area (Å²) in [5.74, 6) is 3.96. The van der Waals surface area contributed by atoms with Gasteiger partial charge in [0.25, 0.3) is 11.5 Å². The summed E-state index contributed by atoms with van der Waals surface area (Å²) in [6.07, 6.45) is 0. The molecule has 1 aromatic heterocycles. The van der Waals surface area contributed by atoms with Crippen molar-refractivity contribution in [2.24, 2.45) is 5.84 Å². The van der Waals surface area contributed by atoms with Crippen LogP contribution in [0.2, 0.25) is 5.02 Å². The Morgan fingerprint density at radius 3 is 2.36 bits per heavy atom. The summed E-state index contributed by atoms with van der Waals surface area (Å²) in [5.41, 5.74) is 3.14. The van der Waals surface area contributed by atoms with Crippen molar-refractivity contribution in [3.8, 4) is 16.9 Å². The second-order valence-electron chi connectivity index (χ2n) is 5.75. The van der Waals surface area contributed by atoms with Crippen LogP contribution in [0.3, 0.4) is 0 Å². The van der Waals surface area contributed by atoms with Crippen LogP contribution in [0.25, 0.3) is 16.9 Å². The van der Waals surface area contributed by atoms with Gasteiger partial charge < -0.3 is 4.74 Å². The number of H-pyrrole nitrogens is 1. The van der Waals surface area contributed by atoms with Crippen LogP contribution in [0.5, 0.6) is 0 Å². The maximum absolute atomic E-state index is 12.5. The van der Waals surface area contributed by atoms with E-state index in [4.69, 9.17) is 22.2 Å². The molecule has 1 heterocycles. The molecule has 0 fully saturated rings. The number of hydrogen-bond acceptors (Lipinski definition) is 5. The van der Waals surface area contributed by atoms with Gasteiger partial charge in [-0.2, -0.15) is 0 Å². The molecule has 0 aliphatic heterocycles. The Hall–Kier alpha value is -3.36. The molecule has 1 amide bonds. The lowest BCUT2D eigenvalue weighted by Crippen LogP contribution is -2.29. The summed E-state index contributed by atoms with van der Waals surface area (Å²) in [7, 11) is 0. The number of benzene rings is 2. The zero-order valence-electron chi connectivity index (χ0n) is 14.9. The van der Waals surface area contributed by atoms with Gasteiger partial charge >= 0.3 is 5.97 Å². The number of halogens is 1. The second-order valence-corrected chi connectivity index (χ2v) is 6.18. The summed E-state index contributed by atoms with van der Waals surface area (Å²) >= 11 is 5.96. The number of ether oxygens (including phenoxy) is 1. The van der Waals surface area contributed by atoms with Crippen LogP contribution in [0, 0.1) is 0 Å². The van der Waals surface area contributed by atoms with E-state index in [0.29, 0.717) is 27.5 Å². The minimum Gasteiger partial charge on any atom is -0.462 e. The van der Waals surface area contributed by atoms with Crippen LogP contribution in [0.1, 0.15) is 27.6 Å². The van der Waals surface area contributed by atoms with Gasteiger partial charge in [0.1, 0.15) is 0 Å². The molecule has 0 saturated heterocycles. The van der Waals surface area contributed by atoms with E-state index in [1.54, 1.807) is 55.5 Å². The molecule has 2 aromatic carbocycles. The van der Waals surface area contributed by atoms with E-state index in [1.165, 1.54) is 4.68 Å². The van der Waals surface area contributed by atoms with Crippen molar-refractivity contribution in [1.29, 1.82) is 0 Å². The Bertz CT molecular complexity index is 1070. The quantitative estimate of drug-likeness (QED) is 0.263. The normalized spacial score (nSPS) is 10.5. The lowest BCUT2D eigenvalue weighted by molar-refractivity contribution is 0.0525. The number of hydrogen-bond donors (Lipinski definition) is 3. The number of nitrogens with zero attached hydrogens (tertiary/aromatic N) is 1. The Labute approximate surface area is 164 Å². The number of carbonyl (C=O) groups is 2. The van der Waals surface area contributed by atoms with E-state index < -0.39 is 17.4 Å². The SMILES string of the molecule is CCOC(=O)c1c(-c2ccc(Cl)cc2)n(-c2ccc(C(=O)NN)cc2)[nH]c1=O. The van der Waals surface area contributed by atoms with Gasteiger partial charge in [0, 0.05) is 16.1 Å². The molecule has 144 valence electrons. The predicted octanol–water partition coefficient (Wildman–Crippen LogP) is 2.27. The second kappa shape index (κ2) is 8.12. The van der Waals surface area contributed by atoms with Crippen LogP contribution in [-0.4, -0.2) is 28.3 Å². The lowest BCUT2D eigenvalue weighted by atomic mass is 10.1. The smallest absolute Gasteiger partial charge is 0.346 e. The Morgan fingerprint density at radius 1 is 1.14 bits per heavy atom. The standard InChI is InChI=1S/C19H17ClN4O4/c1-2-28-19(27)15-16(11-3-7-13(20)8-4-11)24(23-18(15)26)14-9-5-12(6-10-14)17(25)22-21/h3-10H,2,21H2,1H3,(H,22,25)(H,23,26). The van der Waals surface area contributed by atoms with Crippen molar-refractivity contribution in [1.82, 2.24) is 15.2 Å². The maximum Gasteiger partial charge on any atom is 0.346 e. The van der Waals surface area contributed by atoms with E-state index >= 15 is 0 Å². The summed E-state index contributed by atoms with van der Waals surface area (Å²) in [6, 6.07) is 13.0. The number of aromatic nitrogens is 2. The average molecular weight is 401 g/mol. The zero-order chi connectivity index (χ0) is 20.3. The van der Waals surface area contributed by atoms with Crippen molar-refractivity contribution in [3.05, 3.63) is 75.0 Å². The number of carbonyl (C=O) groups excluding carboxylic acids is 2. The van der Waals surface area contributed by atoms with Gasteiger partial charge in [-0.1, -0.05) is 23.7 Å². The fraction of sp³-hybridized carbons (Fsp3) is 0.105. The predicted molar refractivity (Wildman–Crippen MR) is 104 cm³/mol. The van der Waals surface area contributed by atoms with Gasteiger partial charge in [-0.15, -0.1) is 0 Å². The Morgan fingerprint density at radius 2 is 1.79 bits per heavy atom. The monoisotopic (exact) mass is 400 g/mol. The highest BCUT2D eigenvalue weighted by atomic mass is 35.5. The fourth-order valence-electron chi connectivity index (χ4n) is 2.75. The molecule has 0 saturated carbocycles. The highest BCUT2D eigenvalue weighted by molar-refractivity contribution is 6.30. The Balaban J connectivity index is 2.19. The molecule has 9 heteroatoms. The highest BCUT2D eigenvalue weighted by Crippen LogP contribution is 2.27. The molecule has 8 nitrogen and oxygen atoms in total. The van der Waals surface area contributed by atoms with Gasteiger partial charge in [0.05, 0.1) is 18.0 Å². The third-order valence-electron chi connectivity index (χ3n) is 4.02. The average Bonchev–Trinajstić information content (AvgIpc) is 3.05. The third kappa shape index (κ3) is 3.68. The highest BCUT2D eigenvalue weighted by Gasteiger charge is 2.24. The largest absolute Gasteiger partial charge is 0.462 e. The van der Waals surface area contributed by atoms with Crippen LogP contribution < -0.4 is 16.8 Å². The van der Waals surface area contributed by atoms with Gasteiger partial charge in [-0.3, -0.25) is 24.8 Å². The topological polar surface area (TPSA) is 119 Å². The minimum absolute atomic E-state index is 0.118. The van der Waals surface area contributed by atoms with E-state index in [-0.39, 0.29) is 12.2 Å². The molecule has 3 rings (SSSR count). The maximum atomic E-state index is 12.5. The number of aromatic amines is 1. The van der Waals surface area contributed by atoms with Crippen LogP contribution in [-0.2, 0) is 4.74 Å². The Kier molecular flexibility index (Phi) is 5.62. The van der Waals surface area contributed by atoms with Gasteiger partial charge in [0.15, 0.2) is 5.56 Å². The molecule has 3 aromatic rings. The van der Waals surface area contributed by atoms with Gasteiger partial charge in [0.2, 0.25) is 0 Å².